The van der Waals surface area contributed by atoms with Gasteiger partial charge in [-0.25, -0.2) is 0 Å². The molecule has 0 heterocycles. The van der Waals surface area contributed by atoms with Crippen molar-refractivity contribution in [1.82, 2.24) is 0 Å². The summed E-state index contributed by atoms with van der Waals surface area (Å²) in [5.41, 5.74) is 14.3. The second-order valence-corrected chi connectivity index (χ2v) is 3.96. The Balaban J connectivity index is 2.42. The van der Waals surface area contributed by atoms with E-state index < -0.39 is 0 Å². The summed E-state index contributed by atoms with van der Waals surface area (Å²) in [7, 11) is 1.55. The lowest BCUT2D eigenvalue weighted by Gasteiger charge is -2.13. The molecule has 5 N–H and O–H groups in total. The highest BCUT2D eigenvalue weighted by molar-refractivity contribution is 5.77. The molecule has 0 spiro atoms. The third-order valence-corrected chi connectivity index (χ3v) is 2.72. The van der Waals surface area contributed by atoms with Crippen LogP contribution in [0.5, 0.6) is 5.75 Å². The summed E-state index contributed by atoms with van der Waals surface area (Å²) in [5, 5.41) is 12.3. The Morgan fingerprint density at radius 2 is 1.95 bits per heavy atom. The topological polar surface area (TPSA) is 97.1 Å². The molecule has 0 aliphatic rings. The van der Waals surface area contributed by atoms with Gasteiger partial charge in [0.15, 0.2) is 0 Å². The van der Waals surface area contributed by atoms with E-state index in [2.05, 4.69) is 11.4 Å². The van der Waals surface area contributed by atoms with Crippen molar-refractivity contribution in [3.8, 4) is 11.8 Å². The number of nitrogen functional groups attached to an aromatic ring is 2. The molecule has 0 saturated heterocycles. The van der Waals surface area contributed by atoms with Crippen LogP contribution < -0.4 is 21.5 Å². The van der Waals surface area contributed by atoms with Crippen LogP contribution in [-0.4, -0.2) is 7.11 Å². The van der Waals surface area contributed by atoms with E-state index in [0.717, 1.165) is 5.69 Å². The lowest BCUT2D eigenvalue weighted by atomic mass is 10.1. The van der Waals surface area contributed by atoms with Crippen LogP contribution in [0.4, 0.5) is 22.7 Å². The van der Waals surface area contributed by atoms with Crippen LogP contribution in [0.1, 0.15) is 5.56 Å². The van der Waals surface area contributed by atoms with Crippen molar-refractivity contribution < 1.29 is 4.74 Å². The number of nitrogens with one attached hydrogen (secondary N) is 1. The minimum absolute atomic E-state index is 0.485. The number of methoxy groups -OCH3 is 1. The molecule has 0 amide bonds. The van der Waals surface area contributed by atoms with Gasteiger partial charge in [-0.15, -0.1) is 0 Å². The molecular formula is C14H14N4O. The van der Waals surface area contributed by atoms with Crippen LogP contribution in [0.2, 0.25) is 0 Å². The number of nitrogens with zero attached hydrogens (tertiary/aromatic N) is 1. The number of hydrogen-bond donors (Lipinski definition) is 3. The van der Waals surface area contributed by atoms with E-state index in [1.165, 1.54) is 0 Å². The molecule has 2 aromatic carbocycles. The van der Waals surface area contributed by atoms with E-state index >= 15 is 0 Å². The van der Waals surface area contributed by atoms with Crippen molar-refractivity contribution >= 4 is 22.7 Å². The maximum Gasteiger partial charge on any atom is 0.143 e. The van der Waals surface area contributed by atoms with Gasteiger partial charge in [0.1, 0.15) is 11.8 Å². The molecule has 0 radical (unpaired) electrons. The van der Waals surface area contributed by atoms with Crippen molar-refractivity contribution in [3.05, 3.63) is 42.0 Å². The highest BCUT2D eigenvalue weighted by Crippen LogP contribution is 2.32. The Morgan fingerprint density at radius 1 is 1.16 bits per heavy atom. The van der Waals surface area contributed by atoms with Gasteiger partial charge < -0.3 is 21.5 Å². The lowest BCUT2D eigenvalue weighted by Crippen LogP contribution is -2.00. The zero-order chi connectivity index (χ0) is 13.8. The second kappa shape index (κ2) is 5.19. The van der Waals surface area contributed by atoms with Crippen molar-refractivity contribution in [2.75, 3.05) is 23.9 Å². The molecule has 5 heteroatoms. The summed E-state index contributed by atoms with van der Waals surface area (Å²) in [4.78, 5) is 0. The van der Waals surface area contributed by atoms with Gasteiger partial charge in [-0.2, -0.15) is 5.26 Å². The summed E-state index contributed by atoms with van der Waals surface area (Å²) in [6.07, 6.45) is 0. The van der Waals surface area contributed by atoms with Gasteiger partial charge in [0.05, 0.1) is 29.7 Å². The van der Waals surface area contributed by atoms with Crippen LogP contribution in [0.15, 0.2) is 36.4 Å². The summed E-state index contributed by atoms with van der Waals surface area (Å²) in [5.74, 6) is 0.592. The van der Waals surface area contributed by atoms with Gasteiger partial charge >= 0.3 is 0 Å². The average molecular weight is 254 g/mol. The molecule has 2 rings (SSSR count). The predicted octanol–water partition coefficient (Wildman–Crippen LogP) is 2.47. The third kappa shape index (κ3) is 2.53. The summed E-state index contributed by atoms with van der Waals surface area (Å²) in [6.45, 7) is 0. The summed E-state index contributed by atoms with van der Waals surface area (Å²) >= 11 is 0. The van der Waals surface area contributed by atoms with Crippen LogP contribution in [0, 0.1) is 11.3 Å². The Kier molecular flexibility index (Phi) is 3.44. The Labute approximate surface area is 111 Å². The molecule has 0 fully saturated rings. The number of ether oxygens (including phenoxy) is 1. The maximum atomic E-state index is 9.12. The smallest absolute Gasteiger partial charge is 0.143 e. The van der Waals surface area contributed by atoms with Gasteiger partial charge in [-0.3, -0.25) is 0 Å². The van der Waals surface area contributed by atoms with E-state index in [1.807, 2.05) is 0 Å². The van der Waals surface area contributed by atoms with Gasteiger partial charge in [0.25, 0.3) is 0 Å². The minimum atomic E-state index is 0.485. The number of para-hydroxylation sites is 1. The molecule has 0 saturated carbocycles. The van der Waals surface area contributed by atoms with Gasteiger partial charge in [-0.05, 0) is 30.3 Å². The quantitative estimate of drug-likeness (QED) is 0.731. The normalized spacial score (nSPS) is 9.68. The number of nitrogens with two attached hydrogens (primary N) is 2. The van der Waals surface area contributed by atoms with Crippen LogP contribution in [0.25, 0.3) is 0 Å². The van der Waals surface area contributed by atoms with Crippen molar-refractivity contribution in [2.45, 2.75) is 0 Å². The Bertz CT molecular complexity index is 646. The van der Waals surface area contributed by atoms with Crippen molar-refractivity contribution in [2.24, 2.45) is 0 Å². The highest BCUT2D eigenvalue weighted by Gasteiger charge is 2.09. The Morgan fingerprint density at radius 3 is 2.58 bits per heavy atom. The molecule has 19 heavy (non-hydrogen) atoms. The number of anilines is 4. The molecular weight excluding hydrogens is 240 g/mol. The van der Waals surface area contributed by atoms with Crippen molar-refractivity contribution in [3.63, 3.8) is 0 Å². The SMILES string of the molecule is COc1cccc(C#N)c1Nc1ccc(N)c(N)c1. The van der Waals surface area contributed by atoms with Gasteiger partial charge in [0, 0.05) is 5.69 Å². The first-order valence-electron chi connectivity index (χ1n) is 5.65. The zero-order valence-corrected chi connectivity index (χ0v) is 10.5. The monoisotopic (exact) mass is 254 g/mol. The van der Waals surface area contributed by atoms with E-state index in [4.69, 9.17) is 21.5 Å². The van der Waals surface area contributed by atoms with Gasteiger partial charge in [-0.1, -0.05) is 6.07 Å². The maximum absolute atomic E-state index is 9.12. The fourth-order valence-corrected chi connectivity index (χ4v) is 1.72. The van der Waals surface area contributed by atoms with E-state index in [0.29, 0.717) is 28.4 Å². The molecule has 2 aromatic rings. The predicted molar refractivity (Wildman–Crippen MR) is 76.3 cm³/mol. The Hall–Kier alpha value is -2.87. The third-order valence-electron chi connectivity index (χ3n) is 2.72. The second-order valence-electron chi connectivity index (χ2n) is 3.96. The van der Waals surface area contributed by atoms with Crippen LogP contribution >= 0.6 is 0 Å². The van der Waals surface area contributed by atoms with Crippen LogP contribution in [0.3, 0.4) is 0 Å². The first-order chi connectivity index (χ1) is 9.15. The number of benzene rings is 2. The summed E-state index contributed by atoms with van der Waals surface area (Å²) < 4.78 is 5.24. The van der Waals surface area contributed by atoms with Crippen LogP contribution in [-0.2, 0) is 0 Å². The van der Waals surface area contributed by atoms with E-state index in [-0.39, 0.29) is 0 Å². The molecule has 0 aliphatic heterocycles. The summed E-state index contributed by atoms with van der Waals surface area (Å²) in [6, 6.07) is 12.6. The molecule has 0 unspecified atom stereocenters. The number of hydrogen-bond acceptors (Lipinski definition) is 5. The minimum Gasteiger partial charge on any atom is -0.495 e. The first kappa shape index (κ1) is 12.6. The van der Waals surface area contributed by atoms with Gasteiger partial charge in [0.2, 0.25) is 0 Å². The molecule has 5 nitrogen and oxygen atoms in total. The largest absolute Gasteiger partial charge is 0.495 e. The molecule has 0 aromatic heterocycles. The molecule has 96 valence electrons. The average Bonchev–Trinajstić information content (AvgIpc) is 2.43. The zero-order valence-electron chi connectivity index (χ0n) is 10.5. The van der Waals surface area contributed by atoms with E-state index in [1.54, 1.807) is 43.5 Å². The van der Waals surface area contributed by atoms with E-state index in [9.17, 15) is 0 Å². The highest BCUT2D eigenvalue weighted by atomic mass is 16.5. The number of rotatable bonds is 3. The fraction of sp³-hybridized carbons (Fsp3) is 0.0714. The molecule has 0 aliphatic carbocycles. The lowest BCUT2D eigenvalue weighted by molar-refractivity contribution is 0.416. The number of nitriles is 1. The first-order valence-corrected chi connectivity index (χ1v) is 5.65. The molecule has 0 bridgehead atoms. The molecule has 0 atom stereocenters. The fourth-order valence-electron chi connectivity index (χ4n) is 1.72. The standard InChI is InChI=1S/C14H14N4O/c1-19-13-4-2-3-9(8-15)14(13)18-10-5-6-11(16)12(17)7-10/h2-7,18H,16-17H2,1H3. The van der Waals surface area contributed by atoms with Crippen molar-refractivity contribution in [1.29, 1.82) is 5.26 Å².